The van der Waals surface area contributed by atoms with Crippen LogP contribution in [0, 0.1) is 5.92 Å². The zero-order valence-electron chi connectivity index (χ0n) is 18.6. The van der Waals surface area contributed by atoms with Crippen LogP contribution in [0.5, 0.6) is 11.5 Å². The topological polar surface area (TPSA) is 120 Å². The summed E-state index contributed by atoms with van der Waals surface area (Å²) in [7, 11) is -2.21. The summed E-state index contributed by atoms with van der Waals surface area (Å²) in [6, 6.07) is 11.8. The number of benzene rings is 2. The molecule has 11 heteroatoms. The van der Waals surface area contributed by atoms with Gasteiger partial charge in [-0.05, 0) is 37.1 Å². The minimum atomic E-state index is -3.77. The van der Waals surface area contributed by atoms with Gasteiger partial charge in [0.1, 0.15) is 12.7 Å². The zero-order valence-corrected chi connectivity index (χ0v) is 19.4. The fourth-order valence-corrected chi connectivity index (χ4v) is 5.79. The molecule has 1 N–H and O–H groups in total. The molecule has 1 amide bonds. The Kier molecular flexibility index (Phi) is 5.82. The number of hydrogen-bond acceptors (Lipinski definition) is 7. The number of sulfonamides is 1. The number of para-hydroxylation sites is 2. The van der Waals surface area contributed by atoms with E-state index in [4.69, 9.17) is 13.9 Å². The monoisotopic (exact) mass is 487 g/mol. The van der Waals surface area contributed by atoms with Crippen molar-refractivity contribution in [2.24, 2.45) is 13.0 Å². The van der Waals surface area contributed by atoms with Crippen molar-refractivity contribution >= 4 is 27.0 Å². The van der Waals surface area contributed by atoms with Gasteiger partial charge in [0.2, 0.25) is 15.9 Å². The summed E-state index contributed by atoms with van der Waals surface area (Å²) in [6.45, 7) is 1.12. The van der Waals surface area contributed by atoms with Gasteiger partial charge in [0.15, 0.2) is 17.1 Å². The van der Waals surface area contributed by atoms with Gasteiger partial charge in [-0.15, -0.1) is 0 Å². The van der Waals surface area contributed by atoms with Gasteiger partial charge >= 0.3 is 5.76 Å². The minimum absolute atomic E-state index is 0.0620. The molecule has 1 aromatic heterocycles. The number of carbonyl (C=O) groups excluding carboxylic acids is 1. The average molecular weight is 488 g/mol. The number of hydrogen-bond donors (Lipinski definition) is 1. The number of nitrogens with one attached hydrogen (secondary N) is 1. The molecule has 3 aromatic rings. The van der Waals surface area contributed by atoms with Gasteiger partial charge in [-0.25, -0.2) is 13.2 Å². The van der Waals surface area contributed by atoms with Gasteiger partial charge in [0, 0.05) is 32.1 Å². The Bertz CT molecular complexity index is 1390. The average Bonchev–Trinajstić information content (AvgIpc) is 3.15. The molecular weight excluding hydrogens is 462 g/mol. The van der Waals surface area contributed by atoms with Crippen LogP contribution in [-0.4, -0.2) is 55.5 Å². The lowest BCUT2D eigenvalue weighted by Crippen LogP contribution is -2.46. The molecule has 10 nitrogen and oxygen atoms in total. The number of amides is 1. The van der Waals surface area contributed by atoms with Crippen molar-refractivity contribution in [3.63, 3.8) is 0 Å². The fourth-order valence-electron chi connectivity index (χ4n) is 4.30. The van der Waals surface area contributed by atoms with Gasteiger partial charge in [0.05, 0.1) is 17.0 Å². The first-order chi connectivity index (χ1) is 16.3. The van der Waals surface area contributed by atoms with Crippen molar-refractivity contribution in [3.8, 4) is 11.5 Å². The molecule has 0 aliphatic carbocycles. The lowest BCUT2D eigenvalue weighted by atomic mass is 9.97. The van der Waals surface area contributed by atoms with Gasteiger partial charge in [0.25, 0.3) is 0 Å². The highest BCUT2D eigenvalue weighted by Gasteiger charge is 2.33. The first-order valence-electron chi connectivity index (χ1n) is 11.1. The lowest BCUT2D eigenvalue weighted by Gasteiger charge is -2.31. The molecule has 34 heavy (non-hydrogen) atoms. The van der Waals surface area contributed by atoms with Crippen molar-refractivity contribution in [1.29, 1.82) is 0 Å². The molecule has 0 spiro atoms. The van der Waals surface area contributed by atoms with Crippen molar-refractivity contribution in [2.45, 2.75) is 23.8 Å². The Morgan fingerprint density at radius 2 is 1.85 bits per heavy atom. The predicted molar refractivity (Wildman–Crippen MR) is 122 cm³/mol. The smallest absolute Gasteiger partial charge is 0.419 e. The van der Waals surface area contributed by atoms with E-state index < -0.39 is 15.8 Å². The summed E-state index contributed by atoms with van der Waals surface area (Å²) in [5.74, 6) is 0.391. The highest BCUT2D eigenvalue weighted by Crippen LogP contribution is 2.31. The van der Waals surface area contributed by atoms with Crippen LogP contribution in [0.3, 0.4) is 0 Å². The third-order valence-corrected chi connectivity index (χ3v) is 8.19. The molecule has 1 saturated heterocycles. The second-order valence-electron chi connectivity index (χ2n) is 8.48. The maximum Gasteiger partial charge on any atom is 0.419 e. The van der Waals surface area contributed by atoms with Crippen molar-refractivity contribution in [1.82, 2.24) is 14.2 Å². The molecule has 0 saturated carbocycles. The van der Waals surface area contributed by atoms with E-state index >= 15 is 0 Å². The van der Waals surface area contributed by atoms with E-state index in [0.717, 1.165) is 0 Å². The molecule has 0 unspecified atom stereocenters. The number of piperidine rings is 1. The minimum Gasteiger partial charge on any atom is -0.486 e. The Morgan fingerprint density at radius 3 is 2.62 bits per heavy atom. The molecule has 0 radical (unpaired) electrons. The molecule has 180 valence electrons. The quantitative estimate of drug-likeness (QED) is 0.579. The van der Waals surface area contributed by atoms with E-state index in [1.54, 1.807) is 13.1 Å². The summed E-state index contributed by atoms with van der Waals surface area (Å²) in [5.41, 5.74) is 0.745. The second-order valence-corrected chi connectivity index (χ2v) is 10.4. The number of aryl methyl sites for hydroxylation is 1. The largest absolute Gasteiger partial charge is 0.486 e. The van der Waals surface area contributed by atoms with Crippen LogP contribution in [-0.2, 0) is 21.9 Å². The van der Waals surface area contributed by atoms with Gasteiger partial charge in [-0.2, -0.15) is 4.31 Å². The SMILES string of the molecule is Cn1c(=O)oc2cc(S(=O)(=O)N3CCC(C(=O)NC[C@@H]4COc5ccccc5O4)CC3)ccc21. The Hall–Kier alpha value is -3.31. The Labute approximate surface area is 196 Å². The van der Waals surface area contributed by atoms with E-state index in [1.165, 1.54) is 21.0 Å². The summed E-state index contributed by atoms with van der Waals surface area (Å²) in [4.78, 5) is 24.4. The molecule has 2 aliphatic heterocycles. The summed E-state index contributed by atoms with van der Waals surface area (Å²) in [6.07, 6.45) is 0.546. The van der Waals surface area contributed by atoms with Crippen LogP contribution >= 0.6 is 0 Å². The number of fused-ring (bicyclic) bond motifs is 2. The standard InChI is InChI=1S/C23H25N3O7S/c1-25-18-7-6-17(12-21(18)33-23(25)28)34(29,30)26-10-8-15(9-11-26)22(27)24-13-16-14-31-19-4-2-3-5-20(19)32-16/h2-7,12,15-16H,8-11,13-14H2,1H3,(H,24,27)/t16-/m1/s1. The normalized spacial score (nSPS) is 19.3. The number of carbonyl (C=O) groups is 1. The van der Waals surface area contributed by atoms with Crippen LogP contribution in [0.15, 0.2) is 56.6 Å². The van der Waals surface area contributed by atoms with E-state index in [-0.39, 0.29) is 41.5 Å². The lowest BCUT2D eigenvalue weighted by molar-refractivity contribution is -0.126. The van der Waals surface area contributed by atoms with Crippen molar-refractivity contribution in [3.05, 3.63) is 53.0 Å². The maximum absolute atomic E-state index is 13.1. The summed E-state index contributed by atoms with van der Waals surface area (Å²) >= 11 is 0. The van der Waals surface area contributed by atoms with Crippen LogP contribution in [0.4, 0.5) is 0 Å². The molecule has 2 aliphatic rings. The predicted octanol–water partition coefficient (Wildman–Crippen LogP) is 1.49. The molecule has 2 aromatic carbocycles. The van der Waals surface area contributed by atoms with Crippen LogP contribution in [0.1, 0.15) is 12.8 Å². The van der Waals surface area contributed by atoms with Crippen molar-refractivity contribution < 1.29 is 27.1 Å². The van der Waals surface area contributed by atoms with E-state index in [2.05, 4.69) is 5.32 Å². The summed E-state index contributed by atoms with van der Waals surface area (Å²) in [5, 5.41) is 2.91. The molecule has 1 fully saturated rings. The van der Waals surface area contributed by atoms with Crippen LogP contribution in [0.25, 0.3) is 11.1 Å². The third kappa shape index (κ3) is 4.16. The molecule has 1 atom stereocenters. The van der Waals surface area contributed by atoms with Crippen molar-refractivity contribution in [2.75, 3.05) is 26.2 Å². The van der Waals surface area contributed by atoms with Gasteiger partial charge in [-0.3, -0.25) is 9.36 Å². The van der Waals surface area contributed by atoms with Gasteiger partial charge in [-0.1, -0.05) is 12.1 Å². The van der Waals surface area contributed by atoms with E-state index in [1.807, 2.05) is 24.3 Å². The fraction of sp³-hybridized carbons (Fsp3) is 0.391. The number of aromatic nitrogens is 1. The first kappa shape index (κ1) is 22.5. The molecule has 5 rings (SSSR count). The Morgan fingerprint density at radius 1 is 1.12 bits per heavy atom. The first-order valence-corrected chi connectivity index (χ1v) is 12.5. The molecular formula is C23H25N3O7S. The maximum atomic E-state index is 13.1. The Balaban J connectivity index is 1.16. The van der Waals surface area contributed by atoms with Gasteiger partial charge < -0.3 is 19.2 Å². The van der Waals surface area contributed by atoms with E-state index in [0.29, 0.717) is 43.0 Å². The number of ether oxygens (including phenoxy) is 2. The molecule has 0 bridgehead atoms. The zero-order chi connectivity index (χ0) is 23.9. The van der Waals surface area contributed by atoms with Crippen LogP contribution < -0.4 is 20.5 Å². The second kappa shape index (κ2) is 8.80. The van der Waals surface area contributed by atoms with E-state index in [9.17, 15) is 18.0 Å². The number of nitrogens with zero attached hydrogens (tertiary/aromatic N) is 2. The number of oxazole rings is 1. The third-order valence-electron chi connectivity index (χ3n) is 6.30. The highest BCUT2D eigenvalue weighted by atomic mass is 32.2. The molecule has 3 heterocycles. The number of rotatable bonds is 5. The van der Waals surface area contributed by atoms with Crippen LogP contribution in [0.2, 0.25) is 0 Å². The summed E-state index contributed by atoms with van der Waals surface area (Å²) < 4.78 is 45.5. The highest BCUT2D eigenvalue weighted by molar-refractivity contribution is 7.89.